The van der Waals surface area contributed by atoms with E-state index in [1.165, 1.54) is 250 Å². The van der Waals surface area contributed by atoms with Gasteiger partial charge in [-0.1, -0.05) is 324 Å². The molecule has 416 valence electrons. The third-order valence-corrected chi connectivity index (χ3v) is 14.7. The molecule has 0 amide bonds. The Kier molecular flexibility index (Phi) is 55.4. The summed E-state index contributed by atoms with van der Waals surface area (Å²) < 4.78 is 16.9. The molecule has 70 heavy (non-hydrogen) atoms. The second kappa shape index (κ2) is 56.7. The molecular formula is C64H124O6. The van der Waals surface area contributed by atoms with Gasteiger partial charge in [0.25, 0.3) is 0 Å². The highest BCUT2D eigenvalue weighted by Gasteiger charge is 2.19. The summed E-state index contributed by atoms with van der Waals surface area (Å²) in [6, 6.07) is 0. The molecule has 0 unspecified atom stereocenters. The van der Waals surface area contributed by atoms with Gasteiger partial charge in [-0.05, 0) is 31.1 Å². The molecule has 0 aliphatic rings. The first-order chi connectivity index (χ1) is 34.2. The number of unbranched alkanes of at least 4 members (excludes halogenated alkanes) is 43. The van der Waals surface area contributed by atoms with Crippen molar-refractivity contribution in [2.45, 2.75) is 368 Å². The van der Waals surface area contributed by atoms with E-state index in [0.717, 1.165) is 69.6 Å². The van der Waals surface area contributed by atoms with Gasteiger partial charge in [-0.25, -0.2) is 0 Å². The molecule has 0 saturated heterocycles. The molecule has 0 N–H and O–H groups in total. The van der Waals surface area contributed by atoms with E-state index < -0.39 is 6.10 Å². The van der Waals surface area contributed by atoms with Crippen molar-refractivity contribution in [3.63, 3.8) is 0 Å². The van der Waals surface area contributed by atoms with Crippen molar-refractivity contribution in [3.05, 3.63) is 0 Å². The van der Waals surface area contributed by atoms with Crippen LogP contribution in [-0.4, -0.2) is 37.2 Å². The van der Waals surface area contributed by atoms with E-state index in [1.54, 1.807) is 0 Å². The third-order valence-electron chi connectivity index (χ3n) is 14.7. The Hall–Kier alpha value is -1.59. The van der Waals surface area contributed by atoms with Gasteiger partial charge in [0.05, 0.1) is 0 Å². The highest BCUT2D eigenvalue weighted by atomic mass is 16.6. The number of carbonyl (C=O) groups excluding carboxylic acids is 3. The Labute approximate surface area is 438 Å². The van der Waals surface area contributed by atoms with E-state index in [4.69, 9.17) is 14.2 Å². The lowest BCUT2D eigenvalue weighted by Crippen LogP contribution is -2.30. The highest BCUT2D eigenvalue weighted by Crippen LogP contribution is 2.19. The molecule has 0 aliphatic carbocycles. The molecule has 0 spiro atoms. The molecule has 0 fully saturated rings. The van der Waals surface area contributed by atoms with Crippen LogP contribution in [0, 0.1) is 11.8 Å². The summed E-state index contributed by atoms with van der Waals surface area (Å²) in [5.74, 6) is 0.876. The second-order valence-corrected chi connectivity index (χ2v) is 23.0. The highest BCUT2D eigenvalue weighted by molar-refractivity contribution is 5.71. The maximum absolute atomic E-state index is 12.9. The van der Waals surface area contributed by atoms with Crippen LogP contribution in [-0.2, 0) is 28.6 Å². The van der Waals surface area contributed by atoms with Gasteiger partial charge >= 0.3 is 17.9 Å². The molecular weight excluding hydrogens is 865 g/mol. The lowest BCUT2D eigenvalue weighted by molar-refractivity contribution is -0.167. The SMILES string of the molecule is CCCCCCCCCCCCCCCC(=O)OC[C@@H](COC(=O)CCCCCCCCCCCCCCCCCC(C)C)OC(=O)CCCCCCCCCCCCCCCCCCCCC(C)C. The van der Waals surface area contributed by atoms with Gasteiger partial charge in [-0.3, -0.25) is 14.4 Å². The topological polar surface area (TPSA) is 78.9 Å². The van der Waals surface area contributed by atoms with Crippen LogP contribution in [0.25, 0.3) is 0 Å². The number of rotatable bonds is 58. The van der Waals surface area contributed by atoms with E-state index in [-0.39, 0.29) is 31.1 Å². The Morgan fingerprint density at radius 3 is 0.700 bits per heavy atom. The zero-order chi connectivity index (χ0) is 51.1. The monoisotopic (exact) mass is 989 g/mol. The van der Waals surface area contributed by atoms with Gasteiger partial charge < -0.3 is 14.2 Å². The van der Waals surface area contributed by atoms with Crippen LogP contribution in [0.15, 0.2) is 0 Å². The number of hydrogen-bond acceptors (Lipinski definition) is 6. The molecule has 0 aromatic rings. The average Bonchev–Trinajstić information content (AvgIpc) is 3.33. The van der Waals surface area contributed by atoms with Crippen molar-refractivity contribution >= 4 is 17.9 Å². The van der Waals surface area contributed by atoms with Gasteiger partial charge in [-0.15, -0.1) is 0 Å². The summed E-state index contributed by atoms with van der Waals surface area (Å²) >= 11 is 0. The quantitative estimate of drug-likeness (QED) is 0.0343. The Bertz CT molecular complexity index is 1070. The zero-order valence-electron chi connectivity index (χ0n) is 48.2. The predicted octanol–water partition coefficient (Wildman–Crippen LogP) is 21.2. The lowest BCUT2D eigenvalue weighted by atomic mass is 10.0. The first-order valence-electron chi connectivity index (χ1n) is 31.7. The fourth-order valence-electron chi connectivity index (χ4n) is 9.93. The first kappa shape index (κ1) is 68.4. The maximum Gasteiger partial charge on any atom is 0.306 e. The van der Waals surface area contributed by atoms with E-state index in [2.05, 4.69) is 34.6 Å². The zero-order valence-corrected chi connectivity index (χ0v) is 48.2. The summed E-state index contributed by atoms with van der Waals surface area (Å²) in [6.07, 6.45) is 62.5. The van der Waals surface area contributed by atoms with Crippen molar-refractivity contribution < 1.29 is 28.6 Å². The van der Waals surface area contributed by atoms with Gasteiger partial charge in [0, 0.05) is 19.3 Å². The molecule has 0 aromatic heterocycles. The largest absolute Gasteiger partial charge is 0.462 e. The average molecular weight is 990 g/mol. The van der Waals surface area contributed by atoms with Crippen molar-refractivity contribution in [2.75, 3.05) is 13.2 Å². The van der Waals surface area contributed by atoms with E-state index in [1.807, 2.05) is 0 Å². The molecule has 1 atom stereocenters. The maximum atomic E-state index is 12.9. The van der Waals surface area contributed by atoms with Crippen LogP contribution in [0.2, 0.25) is 0 Å². The van der Waals surface area contributed by atoms with Crippen molar-refractivity contribution in [2.24, 2.45) is 11.8 Å². The van der Waals surface area contributed by atoms with E-state index >= 15 is 0 Å². The molecule has 0 rings (SSSR count). The molecule has 0 heterocycles. The van der Waals surface area contributed by atoms with Gasteiger partial charge in [0.1, 0.15) is 13.2 Å². The molecule has 6 nitrogen and oxygen atoms in total. The van der Waals surface area contributed by atoms with E-state index in [0.29, 0.717) is 19.3 Å². The number of ether oxygens (including phenoxy) is 3. The summed E-state index contributed by atoms with van der Waals surface area (Å²) in [7, 11) is 0. The summed E-state index contributed by atoms with van der Waals surface area (Å²) in [4.78, 5) is 38.3. The molecule has 0 saturated carbocycles. The minimum atomic E-state index is -0.763. The summed E-state index contributed by atoms with van der Waals surface area (Å²) in [5, 5.41) is 0. The molecule has 0 aromatic carbocycles. The van der Waals surface area contributed by atoms with Crippen molar-refractivity contribution in [3.8, 4) is 0 Å². The van der Waals surface area contributed by atoms with Gasteiger partial charge in [-0.2, -0.15) is 0 Å². The Morgan fingerprint density at radius 2 is 0.471 bits per heavy atom. The first-order valence-corrected chi connectivity index (χ1v) is 31.7. The third kappa shape index (κ3) is 57.3. The van der Waals surface area contributed by atoms with Gasteiger partial charge in [0.2, 0.25) is 0 Å². The van der Waals surface area contributed by atoms with Crippen LogP contribution in [0.4, 0.5) is 0 Å². The Balaban J connectivity index is 4.25. The molecule has 0 radical (unpaired) electrons. The second-order valence-electron chi connectivity index (χ2n) is 23.0. The van der Waals surface area contributed by atoms with Gasteiger partial charge in [0.15, 0.2) is 6.10 Å². The Morgan fingerprint density at radius 1 is 0.271 bits per heavy atom. The predicted molar refractivity (Wildman–Crippen MR) is 303 cm³/mol. The molecule has 0 aliphatic heterocycles. The van der Waals surface area contributed by atoms with Crippen LogP contribution in [0.5, 0.6) is 0 Å². The minimum Gasteiger partial charge on any atom is -0.462 e. The normalized spacial score (nSPS) is 12.0. The fraction of sp³-hybridized carbons (Fsp3) is 0.953. The van der Waals surface area contributed by atoms with Crippen LogP contribution >= 0.6 is 0 Å². The van der Waals surface area contributed by atoms with E-state index in [9.17, 15) is 14.4 Å². The number of esters is 3. The fourth-order valence-corrected chi connectivity index (χ4v) is 9.93. The van der Waals surface area contributed by atoms with Crippen LogP contribution in [0.1, 0.15) is 362 Å². The standard InChI is InChI=1S/C64H124O6/c1-6-7-8-9-10-11-12-22-29-34-39-44-49-54-62(65)68-57-61(58-69-63(66)55-50-45-40-35-30-25-21-17-19-24-28-33-38-43-48-53-60(4)5)70-64(67)56-51-46-41-36-31-26-20-16-14-13-15-18-23-27-32-37-42-47-52-59(2)3/h59-61H,6-58H2,1-5H3/t61-/m0/s1. The smallest absolute Gasteiger partial charge is 0.306 e. The van der Waals surface area contributed by atoms with Crippen LogP contribution < -0.4 is 0 Å². The number of carbonyl (C=O) groups is 3. The minimum absolute atomic E-state index is 0.0618. The lowest BCUT2D eigenvalue weighted by Gasteiger charge is -2.18. The molecule has 6 heteroatoms. The van der Waals surface area contributed by atoms with Crippen molar-refractivity contribution in [1.29, 1.82) is 0 Å². The van der Waals surface area contributed by atoms with Crippen molar-refractivity contribution in [1.82, 2.24) is 0 Å². The summed E-state index contributed by atoms with van der Waals surface area (Å²) in [6.45, 7) is 11.5. The van der Waals surface area contributed by atoms with Crippen LogP contribution in [0.3, 0.4) is 0 Å². The summed E-state index contributed by atoms with van der Waals surface area (Å²) in [5.41, 5.74) is 0. The molecule has 0 bridgehead atoms. The number of hydrogen-bond donors (Lipinski definition) is 0.